The van der Waals surface area contributed by atoms with Crippen molar-refractivity contribution < 1.29 is 9.13 Å². The molecule has 0 aliphatic carbocycles. The van der Waals surface area contributed by atoms with E-state index in [1.807, 2.05) is 13.8 Å². The number of hydrogen-bond donors (Lipinski definition) is 2. The molecule has 0 heterocycles. The molecule has 5 heteroatoms. The molecule has 0 aromatic heterocycles. The number of nitrogen functional groups attached to an aromatic ring is 1. The summed E-state index contributed by atoms with van der Waals surface area (Å²) in [5.41, 5.74) is 6.91. The molecule has 0 amide bonds. The summed E-state index contributed by atoms with van der Waals surface area (Å²) in [7, 11) is 0. The molecule has 1 rings (SSSR count). The van der Waals surface area contributed by atoms with E-state index in [1.54, 1.807) is 6.07 Å². The Morgan fingerprint density at radius 1 is 1.39 bits per heavy atom. The Kier molecular flexibility index (Phi) is 6.43. The standard InChI is InChI=1S/C13H20BrFN2O/c1-9(2)18-6-4-3-5-17-13-7-10(14)11(15)8-12(13)16/h7-9,17H,3-6,16H2,1-2H3. The maximum Gasteiger partial charge on any atom is 0.139 e. The fraction of sp³-hybridized carbons (Fsp3) is 0.538. The van der Waals surface area contributed by atoms with Crippen LogP contribution >= 0.6 is 15.9 Å². The van der Waals surface area contributed by atoms with Crippen molar-refractivity contribution in [1.29, 1.82) is 0 Å². The van der Waals surface area contributed by atoms with Gasteiger partial charge in [0.05, 0.1) is 22.0 Å². The average Bonchev–Trinajstić information content (AvgIpc) is 2.29. The van der Waals surface area contributed by atoms with E-state index in [2.05, 4.69) is 21.2 Å². The van der Waals surface area contributed by atoms with Crippen molar-refractivity contribution in [3.05, 3.63) is 22.4 Å². The van der Waals surface area contributed by atoms with E-state index >= 15 is 0 Å². The minimum atomic E-state index is -0.344. The molecular weight excluding hydrogens is 299 g/mol. The minimum absolute atomic E-state index is 0.279. The number of anilines is 2. The van der Waals surface area contributed by atoms with E-state index in [9.17, 15) is 4.39 Å². The highest BCUT2D eigenvalue weighted by molar-refractivity contribution is 9.10. The first kappa shape index (κ1) is 15.2. The quantitative estimate of drug-likeness (QED) is 0.594. The van der Waals surface area contributed by atoms with Gasteiger partial charge in [0.15, 0.2) is 0 Å². The van der Waals surface area contributed by atoms with Crippen LogP contribution in [0.1, 0.15) is 26.7 Å². The smallest absolute Gasteiger partial charge is 0.139 e. The van der Waals surface area contributed by atoms with Crippen LogP contribution in [0.3, 0.4) is 0 Å². The number of rotatable bonds is 7. The molecule has 0 aliphatic heterocycles. The molecule has 0 unspecified atom stereocenters. The Balaban J connectivity index is 2.29. The van der Waals surface area contributed by atoms with E-state index < -0.39 is 0 Å². The van der Waals surface area contributed by atoms with Crippen LogP contribution < -0.4 is 11.1 Å². The molecule has 18 heavy (non-hydrogen) atoms. The fourth-order valence-electron chi connectivity index (χ4n) is 1.48. The third-order valence-corrected chi connectivity index (χ3v) is 3.04. The Labute approximate surface area is 116 Å². The summed E-state index contributed by atoms with van der Waals surface area (Å²) in [6, 6.07) is 2.98. The molecule has 1 aromatic carbocycles. The topological polar surface area (TPSA) is 47.3 Å². The van der Waals surface area contributed by atoms with Crippen LogP contribution in [0.2, 0.25) is 0 Å². The van der Waals surface area contributed by atoms with Gasteiger partial charge in [-0.25, -0.2) is 4.39 Å². The zero-order chi connectivity index (χ0) is 13.5. The van der Waals surface area contributed by atoms with Gasteiger partial charge in [-0.05, 0) is 48.7 Å². The molecule has 102 valence electrons. The first-order valence-corrected chi connectivity index (χ1v) is 6.90. The van der Waals surface area contributed by atoms with Crippen LogP contribution in [0, 0.1) is 5.82 Å². The maximum absolute atomic E-state index is 13.2. The van der Waals surface area contributed by atoms with Crippen LogP contribution in [-0.4, -0.2) is 19.3 Å². The fourth-order valence-corrected chi connectivity index (χ4v) is 1.83. The molecule has 3 nitrogen and oxygen atoms in total. The molecule has 0 saturated carbocycles. The number of nitrogens with two attached hydrogens (primary N) is 1. The van der Waals surface area contributed by atoms with Crippen molar-refractivity contribution in [3.8, 4) is 0 Å². The minimum Gasteiger partial charge on any atom is -0.397 e. The van der Waals surface area contributed by atoms with Crippen LogP contribution in [0.25, 0.3) is 0 Å². The molecule has 3 N–H and O–H groups in total. The average molecular weight is 319 g/mol. The normalized spacial score (nSPS) is 10.9. The lowest BCUT2D eigenvalue weighted by molar-refractivity contribution is 0.0765. The predicted molar refractivity (Wildman–Crippen MR) is 77.3 cm³/mol. The number of ether oxygens (including phenoxy) is 1. The van der Waals surface area contributed by atoms with Crippen molar-refractivity contribution >= 4 is 27.3 Å². The number of benzene rings is 1. The van der Waals surface area contributed by atoms with E-state index in [0.29, 0.717) is 10.2 Å². The molecule has 0 saturated heterocycles. The van der Waals surface area contributed by atoms with Gasteiger partial charge in [-0.15, -0.1) is 0 Å². The Bertz CT molecular complexity index is 385. The summed E-state index contributed by atoms with van der Waals surface area (Å²) in [5.74, 6) is -0.344. The summed E-state index contributed by atoms with van der Waals surface area (Å²) in [6.45, 7) is 5.61. The second-order valence-electron chi connectivity index (χ2n) is 4.41. The highest BCUT2D eigenvalue weighted by Crippen LogP contribution is 2.26. The van der Waals surface area contributed by atoms with Crippen molar-refractivity contribution in [2.45, 2.75) is 32.8 Å². The summed E-state index contributed by atoms with van der Waals surface area (Å²) >= 11 is 3.14. The summed E-state index contributed by atoms with van der Waals surface area (Å²) < 4.78 is 19.0. The van der Waals surface area contributed by atoms with E-state index in [0.717, 1.165) is 31.7 Å². The van der Waals surface area contributed by atoms with Gasteiger partial charge < -0.3 is 15.8 Å². The molecule has 0 atom stereocenters. The van der Waals surface area contributed by atoms with Gasteiger partial charge in [-0.3, -0.25) is 0 Å². The predicted octanol–water partition coefficient (Wildman–Crippen LogP) is 3.79. The van der Waals surface area contributed by atoms with E-state index in [-0.39, 0.29) is 11.9 Å². The third-order valence-electron chi connectivity index (χ3n) is 2.43. The summed E-state index contributed by atoms with van der Waals surface area (Å²) in [5, 5.41) is 3.19. The summed E-state index contributed by atoms with van der Waals surface area (Å²) in [6.07, 6.45) is 2.26. The lowest BCUT2D eigenvalue weighted by atomic mass is 10.2. The van der Waals surface area contributed by atoms with Crippen LogP contribution in [0.5, 0.6) is 0 Å². The van der Waals surface area contributed by atoms with E-state index in [1.165, 1.54) is 6.07 Å². The number of halogens is 2. The summed E-state index contributed by atoms with van der Waals surface area (Å²) in [4.78, 5) is 0. The largest absolute Gasteiger partial charge is 0.397 e. The second-order valence-corrected chi connectivity index (χ2v) is 5.26. The van der Waals surface area contributed by atoms with Crippen molar-refractivity contribution in [2.24, 2.45) is 0 Å². The Morgan fingerprint density at radius 2 is 2.11 bits per heavy atom. The lowest BCUT2D eigenvalue weighted by Gasteiger charge is -2.11. The molecule has 0 radical (unpaired) electrons. The van der Waals surface area contributed by atoms with Gasteiger partial charge in [0, 0.05) is 19.2 Å². The molecule has 0 fully saturated rings. The Hall–Kier alpha value is -0.810. The van der Waals surface area contributed by atoms with Gasteiger partial charge >= 0.3 is 0 Å². The molecular formula is C13H20BrFN2O. The monoisotopic (exact) mass is 318 g/mol. The maximum atomic E-state index is 13.2. The van der Waals surface area contributed by atoms with Gasteiger partial charge in [0.25, 0.3) is 0 Å². The first-order valence-electron chi connectivity index (χ1n) is 6.10. The van der Waals surface area contributed by atoms with Crippen LogP contribution in [0.15, 0.2) is 16.6 Å². The third kappa shape index (κ3) is 5.23. The van der Waals surface area contributed by atoms with Gasteiger partial charge in [-0.1, -0.05) is 0 Å². The lowest BCUT2D eigenvalue weighted by Crippen LogP contribution is -2.08. The van der Waals surface area contributed by atoms with Crippen molar-refractivity contribution in [1.82, 2.24) is 0 Å². The van der Waals surface area contributed by atoms with Gasteiger partial charge in [0.2, 0.25) is 0 Å². The van der Waals surface area contributed by atoms with Crippen molar-refractivity contribution in [2.75, 3.05) is 24.2 Å². The van der Waals surface area contributed by atoms with E-state index in [4.69, 9.17) is 10.5 Å². The first-order chi connectivity index (χ1) is 8.50. The SMILES string of the molecule is CC(C)OCCCCNc1cc(Br)c(F)cc1N. The van der Waals surface area contributed by atoms with Gasteiger partial charge in [-0.2, -0.15) is 0 Å². The highest BCUT2D eigenvalue weighted by atomic mass is 79.9. The molecule has 1 aromatic rings. The van der Waals surface area contributed by atoms with Crippen molar-refractivity contribution in [3.63, 3.8) is 0 Å². The van der Waals surface area contributed by atoms with Gasteiger partial charge in [0.1, 0.15) is 5.82 Å². The number of hydrogen-bond acceptors (Lipinski definition) is 3. The molecule has 0 aliphatic rings. The van der Waals surface area contributed by atoms with Crippen LogP contribution in [-0.2, 0) is 4.74 Å². The van der Waals surface area contributed by atoms with Crippen LogP contribution in [0.4, 0.5) is 15.8 Å². The zero-order valence-corrected chi connectivity index (χ0v) is 12.4. The number of nitrogens with one attached hydrogen (secondary N) is 1. The zero-order valence-electron chi connectivity index (χ0n) is 10.8. The molecule has 0 spiro atoms. The molecule has 0 bridgehead atoms. The number of unbranched alkanes of at least 4 members (excludes halogenated alkanes) is 1. The second kappa shape index (κ2) is 7.59. The highest BCUT2D eigenvalue weighted by Gasteiger charge is 2.05. The Morgan fingerprint density at radius 3 is 2.78 bits per heavy atom.